The van der Waals surface area contributed by atoms with Gasteiger partial charge < -0.3 is 10.6 Å². The Hall–Kier alpha value is -3.29. The van der Waals surface area contributed by atoms with Gasteiger partial charge in [-0.25, -0.2) is 14.8 Å². The summed E-state index contributed by atoms with van der Waals surface area (Å²) in [7, 11) is 0. The number of nitrogens with one attached hydrogen (secondary N) is 3. The second-order valence-electron chi connectivity index (χ2n) is 5.54. The van der Waals surface area contributed by atoms with Gasteiger partial charge in [0.25, 0.3) is 5.91 Å². The number of carbonyl (C=O) groups is 3. The molecule has 2 aromatic rings. The van der Waals surface area contributed by atoms with Crippen LogP contribution in [0.15, 0.2) is 42.6 Å². The zero-order valence-electron chi connectivity index (χ0n) is 13.4. The summed E-state index contributed by atoms with van der Waals surface area (Å²) in [5.74, 6) is -0.186. The van der Waals surface area contributed by atoms with Gasteiger partial charge in [0.1, 0.15) is 11.9 Å². The minimum atomic E-state index is -0.815. The molecule has 0 aliphatic carbocycles. The smallest absolute Gasteiger partial charge is 0.322 e. The van der Waals surface area contributed by atoms with Gasteiger partial charge in [0, 0.05) is 24.7 Å². The number of hydrogen-bond donors (Lipinski definition) is 3. The van der Waals surface area contributed by atoms with Crippen molar-refractivity contribution in [1.29, 1.82) is 0 Å². The fraction of sp³-hybridized carbons (Fsp3) is 0.235. The highest BCUT2D eigenvalue weighted by molar-refractivity contribution is 6.05. The number of imide groups is 1. The molecule has 0 bridgehead atoms. The molecule has 3 N–H and O–H groups in total. The van der Waals surface area contributed by atoms with Gasteiger partial charge >= 0.3 is 6.03 Å². The quantitative estimate of drug-likeness (QED) is 0.659. The van der Waals surface area contributed by atoms with E-state index in [1.165, 1.54) is 0 Å². The molecule has 25 heavy (non-hydrogen) atoms. The highest BCUT2D eigenvalue weighted by Crippen LogP contribution is 2.15. The Morgan fingerprint density at radius 3 is 2.68 bits per heavy atom. The molecule has 3 rings (SSSR count). The lowest BCUT2D eigenvalue weighted by molar-refractivity contribution is -0.126. The largest absolute Gasteiger partial charge is 0.356 e. The van der Waals surface area contributed by atoms with Gasteiger partial charge in [0.05, 0.1) is 12.1 Å². The van der Waals surface area contributed by atoms with Crippen LogP contribution in [-0.2, 0) is 16.0 Å². The number of rotatable bonds is 6. The van der Waals surface area contributed by atoms with E-state index in [0.717, 1.165) is 11.3 Å². The molecule has 128 valence electrons. The van der Waals surface area contributed by atoms with Gasteiger partial charge in [0.15, 0.2) is 0 Å². The van der Waals surface area contributed by atoms with E-state index >= 15 is 0 Å². The summed E-state index contributed by atoms with van der Waals surface area (Å²) in [6, 6.07) is 10.2. The first kappa shape index (κ1) is 16.6. The van der Waals surface area contributed by atoms with Crippen LogP contribution in [0.2, 0.25) is 0 Å². The van der Waals surface area contributed by atoms with Crippen LogP contribution >= 0.6 is 0 Å². The van der Waals surface area contributed by atoms with Gasteiger partial charge in [0.2, 0.25) is 5.91 Å². The predicted molar refractivity (Wildman–Crippen MR) is 89.3 cm³/mol. The van der Waals surface area contributed by atoms with Crippen molar-refractivity contribution in [1.82, 2.24) is 25.9 Å². The molecule has 2 heterocycles. The van der Waals surface area contributed by atoms with Crippen molar-refractivity contribution in [2.24, 2.45) is 0 Å². The molecule has 1 aromatic carbocycles. The minimum Gasteiger partial charge on any atom is -0.356 e. The Bertz CT molecular complexity index is 794. The molecule has 1 aliphatic heterocycles. The van der Waals surface area contributed by atoms with E-state index in [1.807, 2.05) is 36.4 Å². The summed E-state index contributed by atoms with van der Waals surface area (Å²) in [6.45, 7) is 0.347. The van der Waals surface area contributed by atoms with E-state index < -0.39 is 18.0 Å². The predicted octanol–water partition coefficient (Wildman–Crippen LogP) is 0.400. The number of urea groups is 1. The van der Waals surface area contributed by atoms with Crippen LogP contribution < -0.4 is 16.0 Å². The second-order valence-corrected chi connectivity index (χ2v) is 5.54. The van der Waals surface area contributed by atoms with Crippen LogP contribution in [0.5, 0.6) is 0 Å². The van der Waals surface area contributed by atoms with Gasteiger partial charge in [-0.1, -0.05) is 30.3 Å². The number of nitrogens with zero attached hydrogens (tertiary/aromatic N) is 2. The van der Waals surface area contributed by atoms with Crippen LogP contribution in [0.25, 0.3) is 11.3 Å². The van der Waals surface area contributed by atoms with E-state index in [2.05, 4.69) is 25.9 Å². The monoisotopic (exact) mass is 339 g/mol. The number of aromatic nitrogens is 2. The standard InChI is InChI=1S/C17H17N5O3/c23-15(10-13-16(24)22-17(25)21-13)19-9-7-14-18-8-6-12(20-14)11-4-2-1-3-5-11/h1-6,8,13H,7,9-10H2,(H,19,23)(H2,21,22,24,25)/t13-/m1/s1. The molecular formula is C17H17N5O3. The fourth-order valence-corrected chi connectivity index (χ4v) is 2.46. The Kier molecular flexibility index (Phi) is 4.98. The molecule has 0 radical (unpaired) electrons. The highest BCUT2D eigenvalue weighted by Gasteiger charge is 2.31. The molecule has 1 fully saturated rings. The Morgan fingerprint density at radius 1 is 1.16 bits per heavy atom. The molecule has 1 saturated heterocycles. The highest BCUT2D eigenvalue weighted by atomic mass is 16.2. The number of hydrogen-bond acceptors (Lipinski definition) is 5. The molecule has 1 atom stereocenters. The summed E-state index contributed by atoms with van der Waals surface area (Å²) in [5.41, 5.74) is 1.82. The molecule has 8 nitrogen and oxygen atoms in total. The van der Waals surface area contributed by atoms with E-state index in [0.29, 0.717) is 18.8 Å². The van der Waals surface area contributed by atoms with Crippen molar-refractivity contribution in [3.8, 4) is 11.3 Å². The average molecular weight is 339 g/mol. The maximum Gasteiger partial charge on any atom is 0.322 e. The Labute approximate surface area is 144 Å². The minimum absolute atomic E-state index is 0.0948. The maximum absolute atomic E-state index is 11.8. The first-order valence-corrected chi connectivity index (χ1v) is 7.87. The van der Waals surface area contributed by atoms with Crippen molar-refractivity contribution in [3.05, 3.63) is 48.4 Å². The van der Waals surface area contributed by atoms with E-state index in [1.54, 1.807) is 6.20 Å². The molecule has 0 spiro atoms. The summed E-state index contributed by atoms with van der Waals surface area (Å²) in [6.07, 6.45) is 2.06. The second kappa shape index (κ2) is 7.52. The van der Waals surface area contributed by atoms with Crippen molar-refractivity contribution in [2.45, 2.75) is 18.9 Å². The number of carbonyl (C=O) groups excluding carboxylic acids is 3. The van der Waals surface area contributed by atoms with E-state index in [4.69, 9.17) is 0 Å². The number of benzene rings is 1. The van der Waals surface area contributed by atoms with E-state index in [-0.39, 0.29) is 12.3 Å². The third-order valence-corrected chi connectivity index (χ3v) is 3.69. The zero-order valence-corrected chi connectivity index (χ0v) is 13.4. The third-order valence-electron chi connectivity index (χ3n) is 3.69. The van der Waals surface area contributed by atoms with Crippen LogP contribution in [-0.4, -0.2) is 40.4 Å². The van der Waals surface area contributed by atoms with Gasteiger partial charge in [-0.2, -0.15) is 0 Å². The molecular weight excluding hydrogens is 322 g/mol. The molecule has 0 unspecified atom stereocenters. The lowest BCUT2D eigenvalue weighted by Gasteiger charge is -2.08. The van der Waals surface area contributed by atoms with Gasteiger partial charge in [-0.05, 0) is 6.07 Å². The van der Waals surface area contributed by atoms with Gasteiger partial charge in [-0.15, -0.1) is 0 Å². The molecule has 4 amide bonds. The van der Waals surface area contributed by atoms with E-state index in [9.17, 15) is 14.4 Å². The van der Waals surface area contributed by atoms with Crippen LogP contribution in [0.3, 0.4) is 0 Å². The summed E-state index contributed by atoms with van der Waals surface area (Å²) >= 11 is 0. The first-order valence-electron chi connectivity index (χ1n) is 7.87. The topological polar surface area (TPSA) is 113 Å². The first-order chi connectivity index (χ1) is 12.1. The van der Waals surface area contributed by atoms with Crippen LogP contribution in [0.1, 0.15) is 12.2 Å². The normalized spacial score (nSPS) is 16.2. The Balaban J connectivity index is 1.50. The van der Waals surface area contributed by atoms with Crippen LogP contribution in [0, 0.1) is 0 Å². The SMILES string of the molecule is O=C(C[C@H]1NC(=O)NC1=O)NCCc1nccc(-c2ccccc2)n1. The fourth-order valence-electron chi connectivity index (χ4n) is 2.46. The molecule has 0 saturated carbocycles. The van der Waals surface area contributed by atoms with Crippen molar-refractivity contribution in [2.75, 3.05) is 6.54 Å². The molecule has 1 aromatic heterocycles. The zero-order chi connectivity index (χ0) is 17.6. The average Bonchev–Trinajstić information content (AvgIpc) is 2.93. The summed E-state index contributed by atoms with van der Waals surface area (Å²) in [4.78, 5) is 42.9. The summed E-state index contributed by atoms with van der Waals surface area (Å²) < 4.78 is 0. The van der Waals surface area contributed by atoms with Crippen LogP contribution in [0.4, 0.5) is 4.79 Å². The maximum atomic E-state index is 11.8. The lowest BCUT2D eigenvalue weighted by atomic mass is 10.1. The third kappa shape index (κ3) is 4.37. The summed E-state index contributed by atoms with van der Waals surface area (Å²) in [5, 5.41) is 7.17. The number of amides is 4. The van der Waals surface area contributed by atoms with Crippen molar-refractivity contribution >= 4 is 17.8 Å². The molecule has 1 aliphatic rings. The van der Waals surface area contributed by atoms with Crippen molar-refractivity contribution < 1.29 is 14.4 Å². The van der Waals surface area contributed by atoms with Gasteiger partial charge in [-0.3, -0.25) is 14.9 Å². The van der Waals surface area contributed by atoms with Crippen molar-refractivity contribution in [3.63, 3.8) is 0 Å². The molecule has 8 heteroatoms. The Morgan fingerprint density at radius 2 is 1.96 bits per heavy atom. The lowest BCUT2D eigenvalue weighted by Crippen LogP contribution is -2.36.